The minimum Gasteiger partial charge on any atom is -0.478 e. The molecule has 0 saturated heterocycles. The van der Waals surface area contributed by atoms with Gasteiger partial charge in [-0.25, -0.2) is 4.79 Å². The lowest BCUT2D eigenvalue weighted by Crippen LogP contribution is -2.01. The maximum atomic E-state index is 11.0. The van der Waals surface area contributed by atoms with E-state index in [9.17, 15) is 4.79 Å². The predicted octanol–water partition coefficient (Wildman–Crippen LogP) is 2.87. The second-order valence-corrected chi connectivity index (χ2v) is 4.03. The molecule has 0 aliphatic carbocycles. The standard InChI is InChI=1S/C15H18O3/c1-12(15(17)18)14(8-5-11-16)10-9-13-6-3-2-4-7-13/h2-4,6-7,9-10,16H,5,8,11H2,1H3,(H,17,18). The number of benzene rings is 1. The fraction of sp³-hybridized carbons (Fsp3) is 0.267. The first-order valence-electron chi connectivity index (χ1n) is 5.92. The Bertz CT molecular complexity index is 444. The molecule has 0 amide bonds. The average Bonchev–Trinajstić information content (AvgIpc) is 2.39. The van der Waals surface area contributed by atoms with Gasteiger partial charge in [0.2, 0.25) is 0 Å². The number of rotatable bonds is 6. The summed E-state index contributed by atoms with van der Waals surface area (Å²) < 4.78 is 0. The van der Waals surface area contributed by atoms with Crippen LogP contribution in [0.25, 0.3) is 6.08 Å². The van der Waals surface area contributed by atoms with Crippen molar-refractivity contribution in [2.45, 2.75) is 19.8 Å². The van der Waals surface area contributed by atoms with E-state index in [0.29, 0.717) is 18.4 Å². The molecule has 0 spiro atoms. The molecule has 1 aromatic carbocycles. The molecule has 0 aliphatic heterocycles. The first-order valence-corrected chi connectivity index (χ1v) is 5.92. The lowest BCUT2D eigenvalue weighted by Gasteiger charge is -2.04. The molecule has 0 fully saturated rings. The summed E-state index contributed by atoms with van der Waals surface area (Å²) in [5.74, 6) is -0.916. The summed E-state index contributed by atoms with van der Waals surface area (Å²) in [6, 6.07) is 9.70. The van der Waals surface area contributed by atoms with Crippen LogP contribution in [0.2, 0.25) is 0 Å². The number of carboxylic acids is 1. The Morgan fingerprint density at radius 2 is 1.94 bits per heavy atom. The molecule has 0 saturated carbocycles. The molecule has 0 heterocycles. The molecule has 3 nitrogen and oxygen atoms in total. The van der Waals surface area contributed by atoms with E-state index in [0.717, 1.165) is 11.1 Å². The van der Waals surface area contributed by atoms with Gasteiger partial charge in [0.1, 0.15) is 0 Å². The van der Waals surface area contributed by atoms with E-state index in [1.165, 1.54) is 0 Å². The van der Waals surface area contributed by atoms with Gasteiger partial charge in [0.05, 0.1) is 0 Å². The summed E-state index contributed by atoms with van der Waals surface area (Å²) >= 11 is 0. The molecule has 0 aromatic heterocycles. The summed E-state index contributed by atoms with van der Waals surface area (Å²) in [6.07, 6.45) is 4.84. The zero-order valence-corrected chi connectivity index (χ0v) is 10.5. The van der Waals surface area contributed by atoms with Gasteiger partial charge in [0.25, 0.3) is 0 Å². The van der Waals surface area contributed by atoms with E-state index in [1.807, 2.05) is 42.5 Å². The Kier molecular flexibility index (Phi) is 5.88. The summed E-state index contributed by atoms with van der Waals surface area (Å²) in [6.45, 7) is 1.65. The number of allylic oxidation sites excluding steroid dienone is 2. The number of hydrogen-bond acceptors (Lipinski definition) is 2. The van der Waals surface area contributed by atoms with E-state index >= 15 is 0 Å². The van der Waals surface area contributed by atoms with Gasteiger partial charge in [-0.3, -0.25) is 0 Å². The van der Waals surface area contributed by atoms with Crippen molar-refractivity contribution < 1.29 is 15.0 Å². The van der Waals surface area contributed by atoms with Crippen molar-refractivity contribution in [1.82, 2.24) is 0 Å². The van der Waals surface area contributed by atoms with Crippen LogP contribution in [0.3, 0.4) is 0 Å². The first-order chi connectivity index (χ1) is 8.65. The van der Waals surface area contributed by atoms with Crippen molar-refractivity contribution >= 4 is 12.0 Å². The Morgan fingerprint density at radius 1 is 1.28 bits per heavy atom. The van der Waals surface area contributed by atoms with Gasteiger partial charge in [0, 0.05) is 12.2 Å². The molecule has 0 unspecified atom stereocenters. The normalized spacial score (nSPS) is 12.6. The van der Waals surface area contributed by atoms with Crippen LogP contribution < -0.4 is 0 Å². The molecular formula is C15H18O3. The van der Waals surface area contributed by atoms with Crippen LogP contribution in [0, 0.1) is 0 Å². The van der Waals surface area contributed by atoms with Crippen LogP contribution in [-0.4, -0.2) is 22.8 Å². The molecule has 18 heavy (non-hydrogen) atoms. The van der Waals surface area contributed by atoms with E-state index in [4.69, 9.17) is 10.2 Å². The largest absolute Gasteiger partial charge is 0.478 e. The van der Waals surface area contributed by atoms with Gasteiger partial charge >= 0.3 is 5.97 Å². The Labute approximate surface area is 107 Å². The average molecular weight is 246 g/mol. The van der Waals surface area contributed by atoms with Gasteiger partial charge in [-0.05, 0) is 30.9 Å². The molecule has 0 aliphatic rings. The number of aliphatic hydroxyl groups excluding tert-OH is 1. The predicted molar refractivity (Wildman–Crippen MR) is 72.1 cm³/mol. The van der Waals surface area contributed by atoms with Crippen LogP contribution in [-0.2, 0) is 4.79 Å². The van der Waals surface area contributed by atoms with Crippen molar-refractivity contribution in [2.75, 3.05) is 6.61 Å². The fourth-order valence-electron chi connectivity index (χ4n) is 1.56. The van der Waals surface area contributed by atoms with Gasteiger partial charge in [-0.2, -0.15) is 0 Å². The number of carboxylic acid groups (broad SMARTS) is 1. The molecule has 1 rings (SSSR count). The van der Waals surface area contributed by atoms with Gasteiger partial charge in [0.15, 0.2) is 0 Å². The lowest BCUT2D eigenvalue weighted by atomic mass is 10.0. The first kappa shape index (κ1) is 14.2. The highest BCUT2D eigenvalue weighted by molar-refractivity contribution is 5.87. The third kappa shape index (κ3) is 4.55. The zero-order valence-electron chi connectivity index (χ0n) is 10.5. The SMILES string of the molecule is CC(C(=O)O)=C(C=Cc1ccccc1)CCCO. The molecule has 0 atom stereocenters. The minimum atomic E-state index is -0.916. The second-order valence-electron chi connectivity index (χ2n) is 4.03. The highest BCUT2D eigenvalue weighted by Gasteiger charge is 2.06. The second kappa shape index (κ2) is 7.45. The molecular weight excluding hydrogens is 228 g/mol. The number of aliphatic hydroxyl groups is 1. The monoisotopic (exact) mass is 246 g/mol. The van der Waals surface area contributed by atoms with E-state index in [2.05, 4.69) is 0 Å². The third-order valence-corrected chi connectivity index (χ3v) is 2.68. The number of carbonyl (C=O) groups is 1. The summed E-state index contributed by atoms with van der Waals surface area (Å²) in [7, 11) is 0. The topological polar surface area (TPSA) is 57.5 Å². The molecule has 0 bridgehead atoms. The Balaban J connectivity index is 2.89. The van der Waals surface area contributed by atoms with Crippen molar-refractivity contribution in [3.05, 3.63) is 53.1 Å². The number of hydrogen-bond donors (Lipinski definition) is 2. The van der Waals surface area contributed by atoms with Gasteiger partial charge in [-0.15, -0.1) is 0 Å². The zero-order chi connectivity index (χ0) is 13.4. The quantitative estimate of drug-likeness (QED) is 0.599. The summed E-state index contributed by atoms with van der Waals surface area (Å²) in [5, 5.41) is 17.8. The van der Waals surface area contributed by atoms with Crippen LogP contribution in [0.1, 0.15) is 25.3 Å². The fourth-order valence-corrected chi connectivity index (χ4v) is 1.56. The van der Waals surface area contributed by atoms with E-state index < -0.39 is 5.97 Å². The molecule has 2 N–H and O–H groups in total. The smallest absolute Gasteiger partial charge is 0.331 e. The van der Waals surface area contributed by atoms with Crippen LogP contribution in [0.15, 0.2) is 47.6 Å². The number of aliphatic carboxylic acids is 1. The van der Waals surface area contributed by atoms with Crippen molar-refractivity contribution in [3.8, 4) is 0 Å². The van der Waals surface area contributed by atoms with E-state index in [1.54, 1.807) is 6.92 Å². The van der Waals surface area contributed by atoms with Gasteiger partial charge < -0.3 is 10.2 Å². The molecule has 0 radical (unpaired) electrons. The van der Waals surface area contributed by atoms with Crippen molar-refractivity contribution in [2.24, 2.45) is 0 Å². The highest BCUT2D eigenvalue weighted by atomic mass is 16.4. The molecule has 1 aromatic rings. The molecule has 3 heteroatoms. The third-order valence-electron chi connectivity index (χ3n) is 2.68. The van der Waals surface area contributed by atoms with E-state index in [-0.39, 0.29) is 6.61 Å². The Morgan fingerprint density at radius 3 is 2.50 bits per heavy atom. The van der Waals surface area contributed by atoms with Crippen molar-refractivity contribution in [1.29, 1.82) is 0 Å². The highest BCUT2D eigenvalue weighted by Crippen LogP contribution is 2.15. The van der Waals surface area contributed by atoms with Crippen LogP contribution >= 0.6 is 0 Å². The summed E-state index contributed by atoms with van der Waals surface area (Å²) in [4.78, 5) is 11.0. The van der Waals surface area contributed by atoms with Gasteiger partial charge in [-0.1, -0.05) is 42.5 Å². The van der Waals surface area contributed by atoms with Crippen molar-refractivity contribution in [3.63, 3.8) is 0 Å². The lowest BCUT2D eigenvalue weighted by molar-refractivity contribution is -0.132. The molecule has 96 valence electrons. The van der Waals surface area contributed by atoms with Crippen LogP contribution in [0.5, 0.6) is 0 Å². The maximum absolute atomic E-state index is 11.0. The van der Waals surface area contributed by atoms with Crippen LogP contribution in [0.4, 0.5) is 0 Å². The Hall–Kier alpha value is -1.87. The maximum Gasteiger partial charge on any atom is 0.331 e. The minimum absolute atomic E-state index is 0.0651. The summed E-state index contributed by atoms with van der Waals surface area (Å²) in [5.41, 5.74) is 2.10.